The first-order chi connectivity index (χ1) is 13.5. The maximum Gasteiger partial charge on any atom is 0.356 e. The Hall–Kier alpha value is -2.18. The Balaban J connectivity index is 1.64. The smallest absolute Gasteiger partial charge is 0.356 e. The maximum absolute atomic E-state index is 12.7. The fourth-order valence-corrected chi connectivity index (χ4v) is 5.51. The van der Waals surface area contributed by atoms with E-state index in [1.807, 2.05) is 6.92 Å². The molecule has 28 heavy (non-hydrogen) atoms. The lowest BCUT2D eigenvalue weighted by molar-refractivity contribution is -0.149. The van der Waals surface area contributed by atoms with Crippen LogP contribution in [0.3, 0.4) is 0 Å². The lowest BCUT2D eigenvalue weighted by Crippen LogP contribution is -2.65. The number of nitrogens with zero attached hydrogens (tertiary/aromatic N) is 4. The number of piperidine rings is 3. The molecule has 152 valence electrons. The molecule has 1 aromatic rings. The molecule has 4 heterocycles. The minimum atomic E-state index is -0.433. The molecule has 3 fully saturated rings. The molecule has 3 aliphatic heterocycles. The zero-order valence-electron chi connectivity index (χ0n) is 17.1. The third-order valence-electron chi connectivity index (χ3n) is 6.60. The van der Waals surface area contributed by atoms with Crippen LogP contribution in [0.1, 0.15) is 61.6 Å². The van der Waals surface area contributed by atoms with Crippen molar-refractivity contribution in [2.45, 2.75) is 64.5 Å². The van der Waals surface area contributed by atoms with Crippen LogP contribution < -0.4 is 4.90 Å². The van der Waals surface area contributed by atoms with E-state index >= 15 is 0 Å². The van der Waals surface area contributed by atoms with Gasteiger partial charge in [0, 0.05) is 37.3 Å². The zero-order valence-corrected chi connectivity index (χ0v) is 17.1. The summed E-state index contributed by atoms with van der Waals surface area (Å²) in [5.41, 5.74) is 1.07. The first kappa shape index (κ1) is 19.2. The second-order valence-corrected chi connectivity index (χ2v) is 8.46. The number of aryl methyl sites for hydroxylation is 1. The Morgan fingerprint density at radius 2 is 2.07 bits per heavy atom. The number of esters is 1. The zero-order chi connectivity index (χ0) is 19.8. The molecule has 0 unspecified atom stereocenters. The van der Waals surface area contributed by atoms with E-state index in [9.17, 15) is 9.59 Å². The molecule has 1 amide bonds. The summed E-state index contributed by atoms with van der Waals surface area (Å²) in [6, 6.07) is 2.31. The second kappa shape index (κ2) is 7.68. The summed E-state index contributed by atoms with van der Waals surface area (Å²) >= 11 is 0. The number of carbonyl (C=O) groups excluding carboxylic acids is 2. The van der Waals surface area contributed by atoms with E-state index in [1.54, 1.807) is 6.07 Å². The summed E-state index contributed by atoms with van der Waals surface area (Å²) in [5, 5.41) is 0. The van der Waals surface area contributed by atoms with Gasteiger partial charge in [-0.1, -0.05) is 13.3 Å². The van der Waals surface area contributed by atoms with Crippen molar-refractivity contribution in [1.82, 2.24) is 14.9 Å². The number of fused-ring (bicyclic) bond motifs is 4. The molecule has 0 aliphatic carbocycles. The molecule has 7 heteroatoms. The molecular formula is C21H30N4O3. The van der Waals surface area contributed by atoms with Gasteiger partial charge in [0.05, 0.1) is 7.11 Å². The number of amides is 1. The van der Waals surface area contributed by atoms with E-state index in [2.05, 4.69) is 26.7 Å². The van der Waals surface area contributed by atoms with Crippen molar-refractivity contribution in [3.8, 4) is 0 Å². The summed E-state index contributed by atoms with van der Waals surface area (Å²) in [5.74, 6) is 1.40. The standard InChI is InChI=1S/C21H30N4O3/c1-4-6-17-14-10-15(18-7-5-8-19(26)25(17)18)12-24(11-14)21-22-13(2)9-16(23-21)20(27)28-3/h9,14-15,17-18H,4-8,10-12H2,1-3H3/t14-,15+,17-,18-/m0/s1. The minimum Gasteiger partial charge on any atom is -0.464 e. The number of aromatic nitrogens is 2. The molecule has 3 aliphatic rings. The molecule has 0 N–H and O–H groups in total. The van der Waals surface area contributed by atoms with Gasteiger partial charge in [0.2, 0.25) is 11.9 Å². The molecular weight excluding hydrogens is 356 g/mol. The van der Waals surface area contributed by atoms with Gasteiger partial charge in [-0.2, -0.15) is 0 Å². The number of anilines is 1. The van der Waals surface area contributed by atoms with Crippen molar-refractivity contribution >= 4 is 17.8 Å². The highest BCUT2D eigenvalue weighted by atomic mass is 16.5. The van der Waals surface area contributed by atoms with E-state index in [1.165, 1.54) is 13.5 Å². The topological polar surface area (TPSA) is 75.6 Å². The number of hydrogen-bond acceptors (Lipinski definition) is 6. The van der Waals surface area contributed by atoms with E-state index in [0.717, 1.165) is 44.5 Å². The molecule has 0 spiro atoms. The molecule has 4 atom stereocenters. The van der Waals surface area contributed by atoms with Crippen LogP contribution in [0.4, 0.5) is 5.95 Å². The van der Waals surface area contributed by atoms with E-state index < -0.39 is 5.97 Å². The Morgan fingerprint density at radius 1 is 1.29 bits per heavy atom. The van der Waals surface area contributed by atoms with Crippen LogP contribution in [-0.2, 0) is 9.53 Å². The van der Waals surface area contributed by atoms with Gasteiger partial charge >= 0.3 is 5.97 Å². The molecule has 0 saturated carbocycles. The number of methoxy groups -OCH3 is 1. The summed E-state index contributed by atoms with van der Waals surface area (Å²) < 4.78 is 4.85. The Bertz CT molecular complexity index is 768. The third kappa shape index (κ3) is 3.35. The van der Waals surface area contributed by atoms with Crippen molar-refractivity contribution in [3.05, 3.63) is 17.5 Å². The van der Waals surface area contributed by atoms with E-state index in [-0.39, 0.29) is 0 Å². The number of hydrogen-bond donors (Lipinski definition) is 0. The number of carbonyl (C=O) groups is 2. The Morgan fingerprint density at radius 3 is 2.82 bits per heavy atom. The summed E-state index contributed by atoms with van der Waals surface area (Å²) in [6.07, 6.45) is 6.09. The average Bonchev–Trinajstić information content (AvgIpc) is 2.70. The molecule has 0 radical (unpaired) electrons. The average molecular weight is 386 g/mol. The van der Waals surface area contributed by atoms with Crippen molar-refractivity contribution < 1.29 is 14.3 Å². The van der Waals surface area contributed by atoms with Gasteiger partial charge in [-0.05, 0) is 50.5 Å². The molecule has 0 aromatic carbocycles. The number of ether oxygens (including phenoxy) is 1. The molecule has 1 aromatic heterocycles. The van der Waals surface area contributed by atoms with Gasteiger partial charge in [0.25, 0.3) is 0 Å². The van der Waals surface area contributed by atoms with Crippen LogP contribution >= 0.6 is 0 Å². The summed E-state index contributed by atoms with van der Waals surface area (Å²) in [4.78, 5) is 38.3. The van der Waals surface area contributed by atoms with Gasteiger partial charge in [-0.3, -0.25) is 4.79 Å². The largest absolute Gasteiger partial charge is 0.464 e. The van der Waals surface area contributed by atoms with Gasteiger partial charge in [-0.15, -0.1) is 0 Å². The van der Waals surface area contributed by atoms with Crippen LogP contribution in [0.25, 0.3) is 0 Å². The molecule has 2 bridgehead atoms. The first-order valence-corrected chi connectivity index (χ1v) is 10.5. The highest BCUT2D eigenvalue weighted by molar-refractivity contribution is 5.87. The van der Waals surface area contributed by atoms with Crippen LogP contribution in [0.5, 0.6) is 0 Å². The highest BCUT2D eigenvalue weighted by Gasteiger charge is 2.49. The Labute approximate surface area is 166 Å². The van der Waals surface area contributed by atoms with Crippen LogP contribution in [0.2, 0.25) is 0 Å². The SMILES string of the molecule is CCC[C@H]1[C@H]2C[C@H](CN(c3nc(C)cc(C(=O)OC)n3)C2)[C@@H]2CCCC(=O)N21. The normalized spacial score (nSPS) is 29.5. The van der Waals surface area contributed by atoms with Crippen LogP contribution in [0.15, 0.2) is 6.07 Å². The number of rotatable bonds is 4. The van der Waals surface area contributed by atoms with Crippen molar-refractivity contribution in [2.24, 2.45) is 11.8 Å². The van der Waals surface area contributed by atoms with Crippen LogP contribution in [-0.4, -0.2) is 59.0 Å². The van der Waals surface area contributed by atoms with E-state index in [0.29, 0.717) is 47.9 Å². The monoisotopic (exact) mass is 386 g/mol. The predicted octanol–water partition coefficient (Wildman–Crippen LogP) is 2.58. The quantitative estimate of drug-likeness (QED) is 0.741. The lowest BCUT2D eigenvalue weighted by atomic mass is 9.71. The highest BCUT2D eigenvalue weighted by Crippen LogP contribution is 2.43. The molecule has 4 rings (SSSR count). The third-order valence-corrected chi connectivity index (χ3v) is 6.60. The van der Waals surface area contributed by atoms with Crippen molar-refractivity contribution in [1.29, 1.82) is 0 Å². The van der Waals surface area contributed by atoms with E-state index in [4.69, 9.17) is 4.74 Å². The lowest BCUT2D eigenvalue weighted by Gasteiger charge is -2.56. The maximum atomic E-state index is 12.7. The first-order valence-electron chi connectivity index (χ1n) is 10.5. The minimum absolute atomic E-state index is 0.306. The fourth-order valence-electron chi connectivity index (χ4n) is 5.51. The van der Waals surface area contributed by atoms with Crippen molar-refractivity contribution in [2.75, 3.05) is 25.1 Å². The molecule has 7 nitrogen and oxygen atoms in total. The Kier molecular flexibility index (Phi) is 5.25. The van der Waals surface area contributed by atoms with Crippen LogP contribution in [0, 0.1) is 18.8 Å². The van der Waals surface area contributed by atoms with Gasteiger partial charge in [-0.25, -0.2) is 14.8 Å². The van der Waals surface area contributed by atoms with Gasteiger partial charge < -0.3 is 14.5 Å². The molecule has 3 saturated heterocycles. The summed E-state index contributed by atoms with van der Waals surface area (Å²) in [7, 11) is 1.37. The fraction of sp³-hybridized carbons (Fsp3) is 0.714. The second-order valence-electron chi connectivity index (χ2n) is 8.46. The van der Waals surface area contributed by atoms with Crippen molar-refractivity contribution in [3.63, 3.8) is 0 Å². The van der Waals surface area contributed by atoms with Gasteiger partial charge in [0.1, 0.15) is 0 Å². The summed E-state index contributed by atoms with van der Waals surface area (Å²) in [6.45, 7) is 5.75. The predicted molar refractivity (Wildman–Crippen MR) is 105 cm³/mol. The van der Waals surface area contributed by atoms with Gasteiger partial charge in [0.15, 0.2) is 5.69 Å².